The van der Waals surface area contributed by atoms with E-state index in [1.807, 2.05) is 6.07 Å². The standard InChI is InChI=1S/C20H24O2S/c21-17-14-6-8-19-9-7-15(11-16(19)10-14)18(22)20(17,19)23-12-13-4-2-1-3-5-13/h1-5,14-17,21H,6-12H2. The molecular weight excluding hydrogens is 304 g/mol. The van der Waals surface area contributed by atoms with Crippen LogP contribution in [0.15, 0.2) is 30.3 Å². The minimum absolute atomic E-state index is 0.0897. The number of rotatable bonds is 3. The molecule has 5 bridgehead atoms. The summed E-state index contributed by atoms with van der Waals surface area (Å²) in [6.07, 6.45) is 6.38. The molecule has 23 heavy (non-hydrogen) atoms. The molecule has 1 aromatic carbocycles. The predicted molar refractivity (Wildman–Crippen MR) is 92.1 cm³/mol. The molecule has 0 amide bonds. The number of hydrogen-bond donors (Lipinski definition) is 1. The van der Waals surface area contributed by atoms with Gasteiger partial charge in [0.2, 0.25) is 0 Å². The number of aliphatic hydroxyl groups is 1. The second-order valence-corrected chi connectivity index (χ2v) is 9.40. The average molecular weight is 328 g/mol. The summed E-state index contributed by atoms with van der Waals surface area (Å²) in [6, 6.07) is 10.4. The number of Topliss-reactive ketones (excluding diaryl/α,β-unsaturated/α-hetero) is 1. The number of thioether (sulfide) groups is 1. The lowest BCUT2D eigenvalue weighted by molar-refractivity contribution is -0.192. The van der Waals surface area contributed by atoms with Crippen LogP contribution >= 0.6 is 11.8 Å². The summed E-state index contributed by atoms with van der Waals surface area (Å²) in [6.45, 7) is 0. The Kier molecular flexibility index (Phi) is 3.07. The van der Waals surface area contributed by atoms with Gasteiger partial charge < -0.3 is 5.11 Å². The van der Waals surface area contributed by atoms with Gasteiger partial charge in [-0.3, -0.25) is 4.79 Å². The quantitative estimate of drug-likeness (QED) is 0.916. The minimum atomic E-state index is -0.504. The summed E-state index contributed by atoms with van der Waals surface area (Å²) in [7, 11) is 0. The van der Waals surface area contributed by atoms with Crippen molar-refractivity contribution in [1.82, 2.24) is 0 Å². The molecule has 6 aliphatic rings. The van der Waals surface area contributed by atoms with Crippen LogP contribution < -0.4 is 0 Å². The van der Waals surface area contributed by atoms with Gasteiger partial charge in [0.25, 0.3) is 0 Å². The van der Waals surface area contributed by atoms with Gasteiger partial charge in [0.1, 0.15) is 4.75 Å². The Bertz CT molecular complexity index is 640. The van der Waals surface area contributed by atoms with E-state index in [9.17, 15) is 9.90 Å². The van der Waals surface area contributed by atoms with E-state index in [1.54, 1.807) is 11.8 Å². The SMILES string of the molecule is O=C1C2CCC34CCC(CC3C2)C(O)C14SCc1ccccc1. The van der Waals surface area contributed by atoms with Crippen molar-refractivity contribution < 1.29 is 9.90 Å². The predicted octanol–water partition coefficient (Wildman–Crippen LogP) is 3.82. The lowest BCUT2D eigenvalue weighted by Crippen LogP contribution is -2.76. The Labute approximate surface area is 142 Å². The number of carbonyl (C=O) groups is 1. The largest absolute Gasteiger partial charge is 0.391 e. The summed E-state index contributed by atoms with van der Waals surface area (Å²) in [5.74, 6) is 2.51. The van der Waals surface area contributed by atoms with Gasteiger partial charge in [-0.2, -0.15) is 0 Å². The molecule has 6 saturated carbocycles. The van der Waals surface area contributed by atoms with Crippen LogP contribution in [0.25, 0.3) is 0 Å². The number of hydrogen-bond acceptors (Lipinski definition) is 3. The van der Waals surface area contributed by atoms with Crippen LogP contribution in [-0.2, 0) is 10.5 Å². The first-order valence-corrected chi connectivity index (χ1v) is 10.1. The third-order valence-corrected chi connectivity index (χ3v) is 9.27. The van der Waals surface area contributed by atoms with Crippen molar-refractivity contribution in [3.63, 3.8) is 0 Å². The fourth-order valence-corrected chi connectivity index (χ4v) is 8.41. The molecule has 2 nitrogen and oxygen atoms in total. The summed E-state index contributed by atoms with van der Waals surface area (Å²) in [5, 5.41) is 11.2. The first-order chi connectivity index (χ1) is 11.2. The molecule has 3 heteroatoms. The molecule has 0 aliphatic heterocycles. The van der Waals surface area contributed by atoms with Crippen molar-refractivity contribution >= 4 is 17.5 Å². The highest BCUT2D eigenvalue weighted by molar-refractivity contribution is 8.00. The molecule has 0 aromatic heterocycles. The Morgan fingerprint density at radius 3 is 2.74 bits per heavy atom. The summed E-state index contributed by atoms with van der Waals surface area (Å²) in [5.41, 5.74) is 1.36. The summed E-state index contributed by atoms with van der Waals surface area (Å²) >= 11 is 1.79. The molecule has 1 spiro atoms. The topological polar surface area (TPSA) is 37.3 Å². The Morgan fingerprint density at radius 2 is 1.91 bits per heavy atom. The smallest absolute Gasteiger partial charge is 0.155 e. The highest BCUT2D eigenvalue weighted by Crippen LogP contribution is 2.73. The zero-order valence-corrected chi connectivity index (χ0v) is 14.2. The highest BCUT2D eigenvalue weighted by atomic mass is 32.2. The average Bonchev–Trinajstić information content (AvgIpc) is 2.60. The monoisotopic (exact) mass is 328 g/mol. The van der Waals surface area contributed by atoms with Gasteiger partial charge in [0.15, 0.2) is 5.78 Å². The molecule has 0 saturated heterocycles. The molecule has 6 unspecified atom stereocenters. The Balaban J connectivity index is 1.56. The molecule has 6 atom stereocenters. The Hall–Kier alpha value is -0.800. The lowest BCUT2D eigenvalue weighted by Gasteiger charge is -2.71. The lowest BCUT2D eigenvalue weighted by atomic mass is 9.38. The minimum Gasteiger partial charge on any atom is -0.391 e. The zero-order chi connectivity index (χ0) is 15.7. The van der Waals surface area contributed by atoms with E-state index < -0.39 is 10.9 Å². The van der Waals surface area contributed by atoms with Crippen LogP contribution in [0, 0.1) is 23.2 Å². The van der Waals surface area contributed by atoms with E-state index in [1.165, 1.54) is 24.8 Å². The molecule has 6 fully saturated rings. The molecule has 122 valence electrons. The van der Waals surface area contributed by atoms with Gasteiger partial charge in [-0.1, -0.05) is 30.3 Å². The third kappa shape index (κ3) is 1.68. The van der Waals surface area contributed by atoms with E-state index in [0.29, 0.717) is 17.6 Å². The van der Waals surface area contributed by atoms with Gasteiger partial charge in [-0.05, 0) is 61.3 Å². The van der Waals surface area contributed by atoms with Crippen LogP contribution in [0.2, 0.25) is 0 Å². The van der Waals surface area contributed by atoms with Crippen molar-refractivity contribution in [2.24, 2.45) is 23.2 Å². The van der Waals surface area contributed by atoms with Crippen molar-refractivity contribution in [3.8, 4) is 0 Å². The molecular formula is C20H24O2S. The molecule has 1 N–H and O–H groups in total. The van der Waals surface area contributed by atoms with Crippen molar-refractivity contribution in [1.29, 1.82) is 0 Å². The van der Waals surface area contributed by atoms with E-state index in [-0.39, 0.29) is 11.3 Å². The zero-order valence-electron chi connectivity index (χ0n) is 13.4. The molecule has 6 aliphatic carbocycles. The van der Waals surface area contributed by atoms with Crippen LogP contribution in [0.1, 0.15) is 44.1 Å². The van der Waals surface area contributed by atoms with Crippen LogP contribution in [-0.4, -0.2) is 21.7 Å². The van der Waals surface area contributed by atoms with Gasteiger partial charge >= 0.3 is 0 Å². The van der Waals surface area contributed by atoms with Crippen molar-refractivity contribution in [2.45, 2.75) is 55.1 Å². The van der Waals surface area contributed by atoms with Gasteiger partial charge in [0, 0.05) is 11.7 Å². The first-order valence-electron chi connectivity index (χ1n) is 9.08. The van der Waals surface area contributed by atoms with E-state index in [0.717, 1.165) is 25.0 Å². The molecule has 0 radical (unpaired) electrons. The van der Waals surface area contributed by atoms with Gasteiger partial charge in [0.05, 0.1) is 6.10 Å². The summed E-state index contributed by atoms with van der Waals surface area (Å²) < 4.78 is -0.504. The number of benzene rings is 1. The third-order valence-electron chi connectivity index (χ3n) is 7.49. The fourth-order valence-electron chi connectivity index (χ4n) is 6.49. The maximum atomic E-state index is 13.4. The van der Waals surface area contributed by atoms with E-state index in [2.05, 4.69) is 24.3 Å². The second-order valence-electron chi connectivity index (χ2n) is 8.18. The van der Waals surface area contributed by atoms with Gasteiger partial charge in [-0.25, -0.2) is 0 Å². The maximum Gasteiger partial charge on any atom is 0.155 e. The normalized spacial score (nSPS) is 47.1. The number of ketones is 1. The molecule has 7 rings (SSSR count). The van der Waals surface area contributed by atoms with Crippen LogP contribution in [0.4, 0.5) is 0 Å². The Morgan fingerprint density at radius 1 is 1.13 bits per heavy atom. The van der Waals surface area contributed by atoms with Crippen LogP contribution in [0.3, 0.4) is 0 Å². The van der Waals surface area contributed by atoms with E-state index in [4.69, 9.17) is 0 Å². The first kappa shape index (κ1) is 14.5. The second kappa shape index (κ2) is 4.86. The molecule has 0 heterocycles. The number of carbonyl (C=O) groups excluding carboxylic acids is 1. The van der Waals surface area contributed by atoms with Gasteiger partial charge in [-0.15, -0.1) is 11.8 Å². The van der Waals surface area contributed by atoms with Crippen molar-refractivity contribution in [3.05, 3.63) is 35.9 Å². The highest BCUT2D eigenvalue weighted by Gasteiger charge is 2.74. The number of fused-ring (bicyclic) bond motifs is 2. The maximum absolute atomic E-state index is 13.4. The van der Waals surface area contributed by atoms with E-state index >= 15 is 0 Å². The fraction of sp³-hybridized carbons (Fsp3) is 0.650. The van der Waals surface area contributed by atoms with Crippen LogP contribution in [0.5, 0.6) is 0 Å². The number of aliphatic hydroxyl groups excluding tert-OH is 1. The molecule has 1 aromatic rings. The summed E-state index contributed by atoms with van der Waals surface area (Å²) in [4.78, 5) is 13.4. The van der Waals surface area contributed by atoms with Crippen molar-refractivity contribution in [2.75, 3.05) is 0 Å².